The highest BCUT2D eigenvalue weighted by atomic mass is 16.4. The van der Waals surface area contributed by atoms with Crippen molar-refractivity contribution >= 4 is 132 Å². The molecule has 0 N–H and O–H groups in total. The van der Waals surface area contributed by atoms with Gasteiger partial charge in [0.1, 0.15) is 67.0 Å². The Hall–Kier alpha value is -11.3. The van der Waals surface area contributed by atoms with Gasteiger partial charge in [0.05, 0.1) is 0 Å². The molecule has 6 heterocycles. The molecular weight excluding hydrogens is 1030 g/mol. The highest BCUT2D eigenvalue weighted by Crippen LogP contribution is 2.47. The first-order chi connectivity index (χ1) is 41.5. The van der Waals surface area contributed by atoms with E-state index in [-0.39, 0.29) is 0 Å². The van der Waals surface area contributed by atoms with Crippen LogP contribution in [0.15, 0.2) is 281 Å². The molecule has 84 heavy (non-hydrogen) atoms. The lowest BCUT2D eigenvalue weighted by Gasteiger charge is -2.12. The van der Waals surface area contributed by atoms with Crippen molar-refractivity contribution in [1.29, 1.82) is 0 Å². The molecule has 13 aromatic carbocycles. The Kier molecular flexibility index (Phi) is 9.24. The molecule has 6 aromatic heterocycles. The van der Waals surface area contributed by atoms with Crippen molar-refractivity contribution in [2.75, 3.05) is 0 Å². The highest BCUT2D eigenvalue weighted by Gasteiger charge is 2.23. The van der Waals surface area contributed by atoms with Crippen LogP contribution in [0.25, 0.3) is 198 Å². The van der Waals surface area contributed by atoms with Crippen molar-refractivity contribution in [2.45, 2.75) is 0 Å². The molecule has 0 amide bonds. The van der Waals surface area contributed by atoms with Crippen LogP contribution in [0, 0.1) is 0 Å². The average molecular weight is 1080 g/mol. The van der Waals surface area contributed by atoms with E-state index < -0.39 is 0 Å². The van der Waals surface area contributed by atoms with E-state index in [0.29, 0.717) is 0 Å². The van der Waals surface area contributed by atoms with Gasteiger partial charge >= 0.3 is 0 Å². The fraction of sp³-hybridized carbons (Fsp3) is 0. The van der Waals surface area contributed by atoms with Crippen LogP contribution in [0.1, 0.15) is 0 Å². The van der Waals surface area contributed by atoms with Gasteiger partial charge in [-0.1, -0.05) is 127 Å². The summed E-state index contributed by atoms with van der Waals surface area (Å²) in [4.78, 5) is 0. The Labute approximate surface area is 477 Å². The van der Waals surface area contributed by atoms with Crippen molar-refractivity contribution in [3.8, 4) is 66.8 Å². The molecule has 0 atom stereocenters. The van der Waals surface area contributed by atoms with Gasteiger partial charge in [0.2, 0.25) is 0 Å². The molecule has 19 aromatic rings. The number of furan rings is 6. The van der Waals surface area contributed by atoms with Crippen molar-refractivity contribution in [1.82, 2.24) is 0 Å². The summed E-state index contributed by atoms with van der Waals surface area (Å²) in [5.74, 6) is 0. The number of benzene rings is 13. The predicted molar refractivity (Wildman–Crippen MR) is 343 cm³/mol. The van der Waals surface area contributed by atoms with E-state index in [0.717, 1.165) is 198 Å². The third-order valence-electron chi connectivity index (χ3n) is 17.5. The lowest BCUT2D eigenvalue weighted by atomic mass is 9.91. The molecule has 0 bridgehead atoms. The molecule has 6 heteroatoms. The van der Waals surface area contributed by atoms with Crippen molar-refractivity contribution < 1.29 is 26.5 Å². The van der Waals surface area contributed by atoms with Crippen LogP contribution in [-0.2, 0) is 0 Å². The second kappa shape index (κ2) is 17.1. The first-order valence-electron chi connectivity index (χ1n) is 28.3. The summed E-state index contributed by atoms with van der Waals surface area (Å²) in [6.07, 6.45) is 0. The van der Waals surface area contributed by atoms with Crippen molar-refractivity contribution in [3.63, 3.8) is 0 Å². The van der Waals surface area contributed by atoms with E-state index in [9.17, 15) is 0 Å². The zero-order valence-electron chi connectivity index (χ0n) is 44.7. The minimum Gasteiger partial charge on any atom is -0.456 e. The molecular formula is C78H42O6. The predicted octanol–water partition coefficient (Wildman–Crippen LogP) is 23.1. The molecule has 6 nitrogen and oxygen atoms in total. The summed E-state index contributed by atoms with van der Waals surface area (Å²) in [6, 6.07) is 89.8. The highest BCUT2D eigenvalue weighted by molar-refractivity contribution is 6.29. The molecule has 0 saturated carbocycles. The largest absolute Gasteiger partial charge is 0.456 e. The summed E-state index contributed by atoms with van der Waals surface area (Å²) in [7, 11) is 0. The molecule has 0 aliphatic rings. The molecule has 0 aliphatic heterocycles. The fourth-order valence-electron chi connectivity index (χ4n) is 13.5. The smallest absolute Gasteiger partial charge is 0.136 e. The number of rotatable bonds is 6. The van der Waals surface area contributed by atoms with E-state index in [1.807, 2.05) is 36.4 Å². The Balaban J connectivity index is 0.833. The standard InChI is InChI=1S/C78H42O6/c1-4-10-43(11-5-1)46-16-22-61-55(37-46)73-67(79-61)28-31-70-76(73)58-40-49(19-25-64(58)82-70)52-34-53(50-20-26-65-59(41-50)77-71(83-65)32-29-68-74(77)56-38-47(17-23-62(56)80-68)44-12-6-2-7-13-44)36-54(35-52)51-21-27-66-60(42-51)78-72(84-66)33-30-69-75(78)57-39-48(18-24-63(57)81-69)45-14-8-3-9-15-45/h1-42H. The molecule has 0 fully saturated rings. The third kappa shape index (κ3) is 6.73. The number of fused-ring (bicyclic) bond motifs is 21. The number of hydrogen-bond acceptors (Lipinski definition) is 6. The molecule has 0 spiro atoms. The number of hydrogen-bond donors (Lipinski definition) is 0. The molecule has 0 aliphatic carbocycles. The van der Waals surface area contributed by atoms with Gasteiger partial charge in [0.25, 0.3) is 0 Å². The lowest BCUT2D eigenvalue weighted by molar-refractivity contribution is 0.663. The van der Waals surface area contributed by atoms with E-state index in [1.165, 1.54) is 0 Å². The maximum absolute atomic E-state index is 6.70. The van der Waals surface area contributed by atoms with Crippen LogP contribution < -0.4 is 0 Å². The van der Waals surface area contributed by atoms with E-state index >= 15 is 0 Å². The van der Waals surface area contributed by atoms with Gasteiger partial charge in [-0.2, -0.15) is 0 Å². The lowest BCUT2D eigenvalue weighted by Crippen LogP contribution is -1.87. The third-order valence-corrected chi connectivity index (χ3v) is 17.5. The summed E-state index contributed by atoms with van der Waals surface area (Å²) < 4.78 is 39.8. The van der Waals surface area contributed by atoms with E-state index in [4.69, 9.17) is 26.5 Å². The van der Waals surface area contributed by atoms with Gasteiger partial charge in [-0.3, -0.25) is 0 Å². The summed E-state index contributed by atoms with van der Waals surface area (Å²) in [6.45, 7) is 0. The normalized spacial score (nSPS) is 12.3. The van der Waals surface area contributed by atoms with Crippen LogP contribution in [-0.4, -0.2) is 0 Å². The topological polar surface area (TPSA) is 78.8 Å². The summed E-state index contributed by atoms with van der Waals surface area (Å²) >= 11 is 0. The Bertz CT molecular complexity index is 5370. The zero-order valence-corrected chi connectivity index (χ0v) is 44.7. The second-order valence-electron chi connectivity index (χ2n) is 22.2. The van der Waals surface area contributed by atoms with Gasteiger partial charge in [-0.15, -0.1) is 0 Å². The van der Waals surface area contributed by atoms with Crippen LogP contribution in [0.3, 0.4) is 0 Å². The van der Waals surface area contributed by atoms with Gasteiger partial charge < -0.3 is 26.5 Å². The maximum atomic E-state index is 6.70. The Morgan fingerprint density at radius 2 is 0.310 bits per heavy atom. The van der Waals surface area contributed by atoms with Gasteiger partial charge in [-0.25, -0.2) is 0 Å². The van der Waals surface area contributed by atoms with Crippen LogP contribution >= 0.6 is 0 Å². The molecule has 19 rings (SSSR count). The van der Waals surface area contributed by atoms with E-state index in [2.05, 4.69) is 218 Å². The SMILES string of the molecule is c1ccc(-c2ccc3oc4ccc5oc6ccc(-c7cc(-c8ccc9oc%10ccc%11oc%12ccc(-c%13ccccc%13)cc%12c%11c%10c9c8)cc(-c8ccc9oc%10ccc%11oc%12ccc(-c%13ccccc%13)cc%12c%11c%10c9c8)c7)cc6c5c4c3c2)cc1. The summed E-state index contributed by atoms with van der Waals surface area (Å²) in [5, 5.41) is 12.4. The first kappa shape index (κ1) is 45.4. The van der Waals surface area contributed by atoms with Crippen LogP contribution in [0.5, 0.6) is 0 Å². The summed E-state index contributed by atoms with van der Waals surface area (Å²) in [5.41, 5.74) is 23.0. The average Bonchev–Trinajstić information content (AvgIpc) is 3.96. The van der Waals surface area contributed by atoms with Crippen LogP contribution in [0.2, 0.25) is 0 Å². The molecule has 0 radical (unpaired) electrons. The van der Waals surface area contributed by atoms with Crippen molar-refractivity contribution in [3.05, 3.63) is 255 Å². The molecule has 0 unspecified atom stereocenters. The first-order valence-corrected chi connectivity index (χ1v) is 28.3. The molecule has 0 saturated heterocycles. The molecule has 390 valence electrons. The van der Waals surface area contributed by atoms with Gasteiger partial charge in [-0.05, 0) is 194 Å². The quantitative estimate of drug-likeness (QED) is 0.165. The fourth-order valence-corrected chi connectivity index (χ4v) is 13.5. The maximum Gasteiger partial charge on any atom is 0.136 e. The van der Waals surface area contributed by atoms with Crippen LogP contribution in [0.4, 0.5) is 0 Å². The Morgan fingerprint density at radius 3 is 0.512 bits per heavy atom. The zero-order chi connectivity index (χ0) is 54.7. The van der Waals surface area contributed by atoms with Crippen molar-refractivity contribution in [2.24, 2.45) is 0 Å². The second-order valence-corrected chi connectivity index (χ2v) is 22.2. The van der Waals surface area contributed by atoms with Gasteiger partial charge in [0.15, 0.2) is 0 Å². The van der Waals surface area contributed by atoms with Gasteiger partial charge in [0, 0.05) is 64.6 Å². The monoisotopic (exact) mass is 1070 g/mol. The Morgan fingerprint density at radius 1 is 0.131 bits per heavy atom. The minimum absolute atomic E-state index is 0.809. The minimum atomic E-state index is 0.809. The van der Waals surface area contributed by atoms with E-state index in [1.54, 1.807) is 0 Å².